The molecule has 0 saturated carbocycles. The van der Waals surface area contributed by atoms with E-state index in [1.165, 1.54) is 11.6 Å². The Hall–Kier alpha value is -4.30. The molecule has 0 aliphatic carbocycles. The van der Waals surface area contributed by atoms with Gasteiger partial charge in [0.1, 0.15) is 17.9 Å². The number of fused-ring (bicyclic) bond motifs is 1. The van der Waals surface area contributed by atoms with Crippen LogP contribution in [0.5, 0.6) is 11.5 Å². The van der Waals surface area contributed by atoms with Crippen molar-refractivity contribution in [3.63, 3.8) is 0 Å². The minimum absolute atomic E-state index is 0.0717. The number of halogens is 1. The first kappa shape index (κ1) is 27.5. The Morgan fingerprint density at radius 2 is 1.86 bits per heavy atom. The molecule has 1 atom stereocenters. The topological polar surface area (TPSA) is 70.6 Å². The van der Waals surface area contributed by atoms with E-state index in [0.717, 1.165) is 79.3 Å². The normalized spacial score (nSPS) is 19.8. The zero-order chi connectivity index (χ0) is 29.6. The SMILES string of the molecule is CC(C)c1ccccc1-c1cc(F)ccc1Oc1cncnc1N1CCC2(CCN(Cc3ccc4c(c3)NC(=O)C4)C2)C1. The van der Waals surface area contributed by atoms with E-state index in [1.807, 2.05) is 18.2 Å². The van der Waals surface area contributed by atoms with Gasteiger partial charge in [0, 0.05) is 42.8 Å². The van der Waals surface area contributed by atoms with Gasteiger partial charge in [-0.15, -0.1) is 0 Å². The first-order chi connectivity index (χ1) is 20.9. The molecular weight excluding hydrogens is 541 g/mol. The van der Waals surface area contributed by atoms with Crippen molar-refractivity contribution < 1.29 is 13.9 Å². The highest BCUT2D eigenvalue weighted by atomic mass is 19.1. The predicted octanol–water partition coefficient (Wildman–Crippen LogP) is 6.80. The Morgan fingerprint density at radius 1 is 1.00 bits per heavy atom. The molecule has 3 aliphatic heterocycles. The van der Waals surface area contributed by atoms with Gasteiger partial charge in [-0.05, 0) is 71.8 Å². The monoisotopic (exact) mass is 577 g/mol. The standard InChI is InChI=1S/C35H36FN5O2/c1-23(2)27-5-3-4-6-28(27)29-17-26(36)9-10-31(29)43-32-18-37-22-38-34(32)41-14-12-35(21-41)11-13-40(20-35)19-24-7-8-25-16-33(42)39-30(25)15-24/h3-10,15,17-18,22-23H,11-14,16,19-21H2,1-2H3,(H,39,42). The second-order valence-electron chi connectivity index (χ2n) is 12.5. The summed E-state index contributed by atoms with van der Waals surface area (Å²) in [5.74, 6) is 1.97. The van der Waals surface area contributed by atoms with E-state index in [0.29, 0.717) is 17.9 Å². The van der Waals surface area contributed by atoms with Gasteiger partial charge in [0.25, 0.3) is 0 Å². The number of carbonyl (C=O) groups is 1. The van der Waals surface area contributed by atoms with E-state index in [4.69, 9.17) is 4.74 Å². The van der Waals surface area contributed by atoms with Crippen LogP contribution >= 0.6 is 0 Å². The first-order valence-electron chi connectivity index (χ1n) is 15.1. The van der Waals surface area contributed by atoms with Gasteiger partial charge in [-0.3, -0.25) is 9.69 Å². The molecule has 1 N–H and O–H groups in total. The molecule has 1 aromatic heterocycles. The molecule has 7 nitrogen and oxygen atoms in total. The molecule has 1 unspecified atom stereocenters. The molecule has 0 radical (unpaired) electrons. The van der Waals surface area contributed by atoms with Gasteiger partial charge in [-0.2, -0.15) is 0 Å². The zero-order valence-corrected chi connectivity index (χ0v) is 24.6. The lowest BCUT2D eigenvalue weighted by molar-refractivity contribution is -0.115. The molecule has 7 rings (SSSR count). The van der Waals surface area contributed by atoms with Crippen molar-refractivity contribution in [2.24, 2.45) is 5.41 Å². The summed E-state index contributed by atoms with van der Waals surface area (Å²) in [5.41, 5.74) is 6.27. The number of benzene rings is 3. The van der Waals surface area contributed by atoms with Crippen LogP contribution in [-0.2, 0) is 17.8 Å². The summed E-state index contributed by atoms with van der Waals surface area (Å²) in [4.78, 5) is 25.6. The second kappa shape index (κ2) is 11.1. The Bertz CT molecular complexity index is 1690. The van der Waals surface area contributed by atoms with Crippen LogP contribution in [0, 0.1) is 11.2 Å². The highest BCUT2D eigenvalue weighted by Gasteiger charge is 2.44. The molecule has 2 fully saturated rings. The molecule has 43 heavy (non-hydrogen) atoms. The average Bonchev–Trinajstić information content (AvgIpc) is 3.71. The third-order valence-corrected chi connectivity index (χ3v) is 9.15. The fourth-order valence-electron chi connectivity index (χ4n) is 7.02. The molecule has 4 aromatic rings. The molecule has 0 bridgehead atoms. The van der Waals surface area contributed by atoms with Gasteiger partial charge in [0.2, 0.25) is 5.91 Å². The van der Waals surface area contributed by atoms with E-state index >= 15 is 0 Å². The summed E-state index contributed by atoms with van der Waals surface area (Å²) in [5, 5.41) is 2.97. The molecule has 3 aliphatic rings. The lowest BCUT2D eigenvalue weighted by Crippen LogP contribution is -2.31. The van der Waals surface area contributed by atoms with Crippen molar-refractivity contribution in [2.45, 2.75) is 45.6 Å². The van der Waals surface area contributed by atoms with Crippen LogP contribution in [0.15, 0.2) is 73.2 Å². The van der Waals surface area contributed by atoms with Crippen molar-refractivity contribution in [2.75, 3.05) is 36.4 Å². The summed E-state index contributed by atoms with van der Waals surface area (Å²) < 4.78 is 21.1. The molecule has 1 spiro atoms. The van der Waals surface area contributed by atoms with E-state index in [-0.39, 0.29) is 23.1 Å². The maximum Gasteiger partial charge on any atom is 0.228 e. The fourth-order valence-corrected chi connectivity index (χ4v) is 7.02. The third-order valence-electron chi connectivity index (χ3n) is 9.15. The van der Waals surface area contributed by atoms with Gasteiger partial charge < -0.3 is 15.0 Å². The summed E-state index contributed by atoms with van der Waals surface area (Å²) in [6.07, 6.45) is 5.96. The third kappa shape index (κ3) is 5.47. The number of ether oxygens (including phenoxy) is 1. The maximum atomic E-state index is 14.5. The number of amides is 1. The lowest BCUT2D eigenvalue weighted by Gasteiger charge is -2.26. The Balaban J connectivity index is 1.09. The van der Waals surface area contributed by atoms with Crippen molar-refractivity contribution in [3.8, 4) is 22.6 Å². The zero-order valence-electron chi connectivity index (χ0n) is 24.6. The van der Waals surface area contributed by atoms with Crippen LogP contribution in [-0.4, -0.2) is 47.0 Å². The Morgan fingerprint density at radius 3 is 2.74 bits per heavy atom. The number of rotatable bonds is 7. The number of hydrogen-bond donors (Lipinski definition) is 1. The van der Waals surface area contributed by atoms with Gasteiger partial charge in [0.05, 0.1) is 12.6 Å². The summed E-state index contributed by atoms with van der Waals surface area (Å²) in [6, 6.07) is 19.1. The lowest BCUT2D eigenvalue weighted by atomic mass is 9.86. The number of hydrogen-bond acceptors (Lipinski definition) is 6. The van der Waals surface area contributed by atoms with Crippen molar-refractivity contribution in [1.29, 1.82) is 0 Å². The van der Waals surface area contributed by atoms with E-state index < -0.39 is 0 Å². The van der Waals surface area contributed by atoms with Gasteiger partial charge in [-0.1, -0.05) is 50.2 Å². The quantitative estimate of drug-likeness (QED) is 0.261. The smallest absolute Gasteiger partial charge is 0.228 e. The number of likely N-dealkylation sites (tertiary alicyclic amines) is 1. The fraction of sp³-hybridized carbons (Fsp3) is 0.343. The van der Waals surface area contributed by atoms with Gasteiger partial charge >= 0.3 is 0 Å². The van der Waals surface area contributed by atoms with E-state index in [1.54, 1.807) is 24.7 Å². The molecular formula is C35H36FN5O2. The summed E-state index contributed by atoms with van der Waals surface area (Å²) in [6.45, 7) is 8.99. The van der Waals surface area contributed by atoms with E-state index in [2.05, 4.69) is 63.2 Å². The van der Waals surface area contributed by atoms with Gasteiger partial charge in [0.15, 0.2) is 11.6 Å². The number of nitrogens with one attached hydrogen (secondary N) is 1. The first-order valence-corrected chi connectivity index (χ1v) is 15.1. The molecule has 1 amide bonds. The number of aromatic nitrogens is 2. The van der Waals surface area contributed by atoms with Crippen molar-refractivity contribution in [1.82, 2.24) is 14.9 Å². The van der Waals surface area contributed by atoms with Crippen molar-refractivity contribution >= 4 is 17.4 Å². The van der Waals surface area contributed by atoms with Crippen LogP contribution < -0.4 is 15.0 Å². The average molecular weight is 578 g/mol. The molecule has 8 heteroatoms. The Labute approximate surface area is 251 Å². The number of carbonyl (C=O) groups excluding carboxylic acids is 1. The van der Waals surface area contributed by atoms with Crippen LogP contribution in [0.25, 0.3) is 11.1 Å². The Kier molecular flexibility index (Phi) is 7.09. The minimum atomic E-state index is -0.303. The van der Waals surface area contributed by atoms with Crippen LogP contribution in [0.3, 0.4) is 0 Å². The van der Waals surface area contributed by atoms with Crippen molar-refractivity contribution in [3.05, 3.63) is 95.7 Å². The summed E-state index contributed by atoms with van der Waals surface area (Å²) in [7, 11) is 0. The van der Waals surface area contributed by atoms with Gasteiger partial charge in [-0.25, -0.2) is 14.4 Å². The van der Waals surface area contributed by atoms with Crippen LogP contribution in [0.4, 0.5) is 15.9 Å². The minimum Gasteiger partial charge on any atom is -0.451 e. The molecule has 4 heterocycles. The molecule has 2 saturated heterocycles. The highest BCUT2D eigenvalue weighted by molar-refractivity contribution is 5.99. The second-order valence-corrected chi connectivity index (χ2v) is 12.5. The van der Waals surface area contributed by atoms with Crippen LogP contribution in [0.2, 0.25) is 0 Å². The van der Waals surface area contributed by atoms with E-state index in [9.17, 15) is 9.18 Å². The highest BCUT2D eigenvalue weighted by Crippen LogP contribution is 2.45. The van der Waals surface area contributed by atoms with Crippen LogP contribution in [0.1, 0.15) is 49.3 Å². The number of nitrogens with zero attached hydrogens (tertiary/aromatic N) is 4. The summed E-state index contributed by atoms with van der Waals surface area (Å²) >= 11 is 0. The molecule has 220 valence electrons. The number of anilines is 2. The largest absolute Gasteiger partial charge is 0.451 e. The predicted molar refractivity (Wildman–Crippen MR) is 166 cm³/mol. The molecule has 3 aromatic carbocycles. The maximum absolute atomic E-state index is 14.5.